The number of nitrogens with two attached hydrogens (primary N) is 1. The second-order valence-electron chi connectivity index (χ2n) is 6.74. The zero-order valence-corrected chi connectivity index (χ0v) is 17.4. The fourth-order valence-electron chi connectivity index (χ4n) is 3.49. The van der Waals surface area contributed by atoms with E-state index >= 15 is 0 Å². The number of nitrogens with zero attached hydrogens (tertiary/aromatic N) is 3. The number of carbonyl (C=O) groups is 1. The maximum Gasteiger partial charge on any atom is 0.345 e. The van der Waals surface area contributed by atoms with Crippen LogP contribution in [0, 0.1) is 0 Å². The molecule has 0 saturated heterocycles. The third-order valence-electron chi connectivity index (χ3n) is 4.85. The molecule has 0 aliphatic rings. The van der Waals surface area contributed by atoms with Crippen molar-refractivity contribution in [3.63, 3.8) is 0 Å². The Balaban J connectivity index is 1.84. The van der Waals surface area contributed by atoms with E-state index in [9.17, 15) is 18.3 Å². The standard InChI is InChI=1S/C21H14N4O4S2/c22-21-23-18(14-10-17(20(26)27)30-19(14)24-21)15-11-25(16-9-5-4-8-13(15)16)31(28,29)12-6-2-1-3-7-12/h1-11H,(H,26,27)(H2,22,23,24). The van der Waals surface area contributed by atoms with Crippen LogP contribution in [0.25, 0.3) is 32.4 Å². The van der Waals surface area contributed by atoms with Crippen LogP contribution in [0.1, 0.15) is 9.67 Å². The quantitative estimate of drug-likeness (QED) is 0.426. The first-order chi connectivity index (χ1) is 14.9. The minimum atomic E-state index is -3.87. The summed E-state index contributed by atoms with van der Waals surface area (Å²) in [6.07, 6.45) is 1.49. The van der Waals surface area contributed by atoms with E-state index in [1.807, 2.05) is 0 Å². The van der Waals surface area contributed by atoms with Gasteiger partial charge < -0.3 is 10.8 Å². The smallest absolute Gasteiger partial charge is 0.345 e. The van der Waals surface area contributed by atoms with Crippen molar-refractivity contribution in [3.05, 3.63) is 71.7 Å². The van der Waals surface area contributed by atoms with Gasteiger partial charge in [0.25, 0.3) is 10.0 Å². The molecule has 3 aromatic heterocycles. The van der Waals surface area contributed by atoms with E-state index < -0.39 is 16.0 Å². The summed E-state index contributed by atoms with van der Waals surface area (Å²) in [5.74, 6) is -1.11. The predicted octanol–water partition coefficient (Wildman–Crippen LogP) is 3.83. The lowest BCUT2D eigenvalue weighted by atomic mass is 10.1. The SMILES string of the molecule is Nc1nc(-c2cn(S(=O)(=O)c3ccccc3)c3ccccc23)c2cc(C(=O)O)sc2n1. The van der Waals surface area contributed by atoms with Gasteiger partial charge >= 0.3 is 5.97 Å². The monoisotopic (exact) mass is 450 g/mol. The second kappa shape index (κ2) is 6.89. The van der Waals surface area contributed by atoms with Crippen molar-refractivity contribution < 1.29 is 18.3 Å². The molecule has 31 heavy (non-hydrogen) atoms. The van der Waals surface area contributed by atoms with Crippen molar-refractivity contribution in [2.24, 2.45) is 0 Å². The highest BCUT2D eigenvalue weighted by Crippen LogP contribution is 2.38. The van der Waals surface area contributed by atoms with Gasteiger partial charge in [0, 0.05) is 22.5 Å². The number of hydrogen-bond donors (Lipinski definition) is 2. The van der Waals surface area contributed by atoms with Crippen molar-refractivity contribution in [1.29, 1.82) is 0 Å². The van der Waals surface area contributed by atoms with Gasteiger partial charge in [-0.15, -0.1) is 11.3 Å². The highest BCUT2D eigenvalue weighted by molar-refractivity contribution is 7.90. The Morgan fingerprint density at radius 3 is 2.45 bits per heavy atom. The summed E-state index contributed by atoms with van der Waals surface area (Å²) >= 11 is 0.987. The molecule has 3 heterocycles. The summed E-state index contributed by atoms with van der Waals surface area (Å²) in [6, 6.07) is 16.6. The van der Waals surface area contributed by atoms with Crippen LogP contribution in [0.2, 0.25) is 0 Å². The second-order valence-corrected chi connectivity index (χ2v) is 9.58. The first-order valence-corrected chi connectivity index (χ1v) is 11.3. The molecule has 10 heteroatoms. The zero-order chi connectivity index (χ0) is 21.8. The van der Waals surface area contributed by atoms with Gasteiger partial charge in [-0.25, -0.2) is 27.2 Å². The van der Waals surface area contributed by atoms with Crippen LogP contribution in [0.3, 0.4) is 0 Å². The Bertz CT molecular complexity index is 1590. The van der Waals surface area contributed by atoms with Crippen LogP contribution in [-0.4, -0.2) is 33.4 Å². The molecule has 0 aliphatic carbocycles. The van der Waals surface area contributed by atoms with Gasteiger partial charge in [-0.3, -0.25) is 0 Å². The number of fused-ring (bicyclic) bond motifs is 2. The van der Waals surface area contributed by atoms with E-state index in [1.165, 1.54) is 28.4 Å². The van der Waals surface area contributed by atoms with E-state index in [-0.39, 0.29) is 15.7 Å². The van der Waals surface area contributed by atoms with Crippen molar-refractivity contribution in [3.8, 4) is 11.3 Å². The molecule has 0 amide bonds. The molecule has 0 unspecified atom stereocenters. The number of anilines is 1. The minimum absolute atomic E-state index is 0.0240. The van der Waals surface area contributed by atoms with Gasteiger partial charge in [0.05, 0.1) is 16.1 Å². The molecule has 0 aliphatic heterocycles. The molecular formula is C21H14N4O4S2. The highest BCUT2D eigenvalue weighted by Gasteiger charge is 2.24. The largest absolute Gasteiger partial charge is 0.477 e. The number of nitrogen functional groups attached to an aromatic ring is 1. The van der Waals surface area contributed by atoms with Crippen LogP contribution in [-0.2, 0) is 10.0 Å². The average Bonchev–Trinajstić information content (AvgIpc) is 3.36. The first-order valence-electron chi connectivity index (χ1n) is 9.07. The molecule has 8 nitrogen and oxygen atoms in total. The molecular weight excluding hydrogens is 436 g/mol. The summed E-state index contributed by atoms with van der Waals surface area (Å²) in [7, 11) is -3.87. The predicted molar refractivity (Wildman–Crippen MR) is 119 cm³/mol. The Morgan fingerprint density at radius 2 is 1.71 bits per heavy atom. The van der Waals surface area contributed by atoms with Gasteiger partial charge in [0.1, 0.15) is 9.71 Å². The number of aromatic nitrogens is 3. The Labute approximate surface area is 180 Å². The summed E-state index contributed by atoms with van der Waals surface area (Å²) in [5, 5.41) is 10.5. The molecule has 5 rings (SSSR count). The third-order valence-corrected chi connectivity index (χ3v) is 7.56. The fourth-order valence-corrected chi connectivity index (χ4v) is 5.76. The van der Waals surface area contributed by atoms with Crippen molar-refractivity contribution >= 4 is 54.4 Å². The molecule has 2 aromatic carbocycles. The molecule has 0 radical (unpaired) electrons. The van der Waals surface area contributed by atoms with E-state index in [1.54, 1.807) is 42.5 Å². The van der Waals surface area contributed by atoms with Gasteiger partial charge in [0.15, 0.2) is 0 Å². The van der Waals surface area contributed by atoms with Crippen LogP contribution in [0.4, 0.5) is 5.95 Å². The van der Waals surface area contributed by atoms with Crippen LogP contribution < -0.4 is 5.73 Å². The zero-order valence-electron chi connectivity index (χ0n) is 15.8. The number of hydrogen-bond acceptors (Lipinski definition) is 7. The van der Waals surface area contributed by atoms with Crippen LogP contribution in [0.5, 0.6) is 0 Å². The number of aromatic carboxylic acids is 1. The van der Waals surface area contributed by atoms with E-state index in [4.69, 9.17) is 5.73 Å². The molecule has 0 atom stereocenters. The van der Waals surface area contributed by atoms with Gasteiger partial charge in [-0.1, -0.05) is 36.4 Å². The number of thiophene rings is 1. The number of para-hydroxylation sites is 1. The molecule has 0 spiro atoms. The van der Waals surface area contributed by atoms with Gasteiger partial charge in [-0.05, 0) is 24.3 Å². The maximum absolute atomic E-state index is 13.3. The Kier molecular flexibility index (Phi) is 4.27. The molecule has 0 fully saturated rings. The number of carboxylic acids is 1. The Morgan fingerprint density at radius 1 is 1.00 bits per heavy atom. The van der Waals surface area contributed by atoms with E-state index in [0.717, 1.165) is 11.3 Å². The normalized spacial score (nSPS) is 11.9. The van der Waals surface area contributed by atoms with Crippen molar-refractivity contribution in [2.45, 2.75) is 4.90 Å². The van der Waals surface area contributed by atoms with Gasteiger partial charge in [0.2, 0.25) is 5.95 Å². The van der Waals surface area contributed by atoms with Crippen molar-refractivity contribution in [1.82, 2.24) is 13.9 Å². The minimum Gasteiger partial charge on any atom is -0.477 e. The maximum atomic E-state index is 13.3. The summed E-state index contributed by atoms with van der Waals surface area (Å²) in [6.45, 7) is 0. The molecule has 3 N–H and O–H groups in total. The summed E-state index contributed by atoms with van der Waals surface area (Å²) < 4.78 is 27.9. The Hall–Kier alpha value is -3.76. The van der Waals surface area contributed by atoms with E-state index in [0.29, 0.717) is 32.4 Å². The number of rotatable bonds is 4. The molecule has 0 saturated carbocycles. The van der Waals surface area contributed by atoms with Crippen molar-refractivity contribution in [2.75, 3.05) is 5.73 Å². The van der Waals surface area contributed by atoms with Crippen LogP contribution in [0.15, 0.2) is 71.8 Å². The number of carboxylic acid groups (broad SMARTS) is 1. The lowest BCUT2D eigenvalue weighted by Gasteiger charge is -2.07. The average molecular weight is 451 g/mol. The molecule has 5 aromatic rings. The topological polar surface area (TPSA) is 128 Å². The van der Waals surface area contributed by atoms with Crippen LogP contribution >= 0.6 is 11.3 Å². The summed E-state index contributed by atoms with van der Waals surface area (Å²) in [5.41, 5.74) is 7.26. The number of benzene rings is 2. The van der Waals surface area contributed by atoms with E-state index in [2.05, 4.69) is 9.97 Å². The van der Waals surface area contributed by atoms with Gasteiger partial charge in [-0.2, -0.15) is 0 Å². The lowest BCUT2D eigenvalue weighted by molar-refractivity contribution is 0.0702. The third kappa shape index (κ3) is 3.04. The molecule has 0 bridgehead atoms. The highest BCUT2D eigenvalue weighted by atomic mass is 32.2. The molecule has 154 valence electrons. The lowest BCUT2D eigenvalue weighted by Crippen LogP contribution is -2.11. The summed E-state index contributed by atoms with van der Waals surface area (Å²) in [4.78, 5) is 20.6. The fraction of sp³-hybridized carbons (Fsp3) is 0. The first kappa shape index (κ1) is 19.2.